The minimum atomic E-state index is -0.311. The normalized spacial score (nSPS) is 14.4. The zero-order chi connectivity index (χ0) is 15.6. The van der Waals surface area contributed by atoms with Crippen LogP contribution < -0.4 is 5.32 Å². The lowest BCUT2D eigenvalue weighted by Crippen LogP contribution is -2.14. The van der Waals surface area contributed by atoms with Crippen molar-refractivity contribution in [3.05, 3.63) is 48.8 Å². The molecule has 0 saturated heterocycles. The zero-order valence-electron chi connectivity index (χ0n) is 12.2. The van der Waals surface area contributed by atoms with Crippen molar-refractivity contribution in [2.45, 2.75) is 25.2 Å². The van der Waals surface area contributed by atoms with E-state index in [-0.39, 0.29) is 11.6 Å². The van der Waals surface area contributed by atoms with Gasteiger partial charge in [-0.1, -0.05) is 6.42 Å². The molecule has 0 aliphatic heterocycles. The highest BCUT2D eigenvalue weighted by Gasteiger charge is 2.25. The van der Waals surface area contributed by atoms with Gasteiger partial charge in [0.15, 0.2) is 17.4 Å². The summed E-state index contributed by atoms with van der Waals surface area (Å²) >= 11 is 0. The topological polar surface area (TPSA) is 98.7 Å². The van der Waals surface area contributed by atoms with Gasteiger partial charge in [-0.2, -0.15) is 5.10 Å². The molecule has 0 atom stereocenters. The summed E-state index contributed by atoms with van der Waals surface area (Å²) in [6.45, 7) is 0. The van der Waals surface area contributed by atoms with Gasteiger partial charge in [0.25, 0.3) is 5.91 Å². The van der Waals surface area contributed by atoms with E-state index in [9.17, 15) is 4.79 Å². The van der Waals surface area contributed by atoms with Crippen molar-refractivity contribution < 1.29 is 9.21 Å². The number of carbonyl (C=O) groups excluding carboxylic acids is 1. The molecule has 0 spiro atoms. The molecular formula is C15H14N6O2. The average Bonchev–Trinajstić information content (AvgIpc) is 3.17. The van der Waals surface area contributed by atoms with E-state index in [1.807, 2.05) is 0 Å². The lowest BCUT2D eigenvalue weighted by atomic mass is 9.85. The number of amides is 1. The summed E-state index contributed by atoms with van der Waals surface area (Å²) in [5, 5.41) is 6.74. The number of rotatable bonds is 4. The molecule has 1 N–H and O–H groups in total. The third-order valence-corrected chi connectivity index (χ3v) is 3.87. The quantitative estimate of drug-likeness (QED) is 0.793. The molecule has 3 aromatic rings. The van der Waals surface area contributed by atoms with Gasteiger partial charge in [0.05, 0.1) is 11.9 Å². The molecule has 3 aromatic heterocycles. The summed E-state index contributed by atoms with van der Waals surface area (Å²) < 4.78 is 6.93. The SMILES string of the molecule is O=C(Nc1ccc(-n2cncn2)nc1)c1coc(C2CCC2)n1. The second-order valence-electron chi connectivity index (χ2n) is 5.40. The highest BCUT2D eigenvalue weighted by Crippen LogP contribution is 2.35. The fraction of sp³-hybridized carbons (Fsp3) is 0.267. The molecular weight excluding hydrogens is 296 g/mol. The molecule has 3 heterocycles. The van der Waals surface area contributed by atoms with Crippen molar-refractivity contribution in [2.75, 3.05) is 5.32 Å². The number of nitrogens with one attached hydrogen (secondary N) is 1. The summed E-state index contributed by atoms with van der Waals surface area (Å²) in [4.78, 5) is 24.5. The van der Waals surface area contributed by atoms with Gasteiger partial charge in [0, 0.05) is 5.92 Å². The van der Waals surface area contributed by atoms with Crippen LogP contribution in [0.4, 0.5) is 5.69 Å². The van der Waals surface area contributed by atoms with Gasteiger partial charge < -0.3 is 9.73 Å². The van der Waals surface area contributed by atoms with Crippen LogP contribution in [0, 0.1) is 0 Å². The maximum atomic E-state index is 12.2. The van der Waals surface area contributed by atoms with Crippen LogP contribution in [0.5, 0.6) is 0 Å². The van der Waals surface area contributed by atoms with E-state index in [0.29, 0.717) is 23.3 Å². The van der Waals surface area contributed by atoms with Crippen molar-refractivity contribution in [2.24, 2.45) is 0 Å². The third kappa shape index (κ3) is 2.70. The molecule has 116 valence electrons. The molecule has 8 nitrogen and oxygen atoms in total. The molecule has 1 aliphatic rings. The molecule has 1 amide bonds. The first-order valence-electron chi connectivity index (χ1n) is 7.37. The minimum absolute atomic E-state index is 0.284. The summed E-state index contributed by atoms with van der Waals surface area (Å²) in [7, 11) is 0. The largest absolute Gasteiger partial charge is 0.448 e. The van der Waals surface area contributed by atoms with Crippen molar-refractivity contribution in [3.8, 4) is 5.82 Å². The monoisotopic (exact) mass is 310 g/mol. The number of hydrogen-bond acceptors (Lipinski definition) is 6. The maximum absolute atomic E-state index is 12.2. The van der Waals surface area contributed by atoms with E-state index >= 15 is 0 Å². The number of anilines is 1. The number of carbonyl (C=O) groups is 1. The van der Waals surface area contributed by atoms with E-state index in [2.05, 4.69) is 25.4 Å². The Morgan fingerprint density at radius 3 is 2.91 bits per heavy atom. The summed E-state index contributed by atoms with van der Waals surface area (Å²) in [5.74, 6) is 1.32. The lowest BCUT2D eigenvalue weighted by molar-refractivity contribution is 0.102. The van der Waals surface area contributed by atoms with Gasteiger partial charge >= 0.3 is 0 Å². The highest BCUT2D eigenvalue weighted by molar-refractivity contribution is 6.02. The number of oxazole rings is 1. The second kappa shape index (κ2) is 5.64. The average molecular weight is 310 g/mol. The van der Waals surface area contributed by atoms with Gasteiger partial charge in [-0.25, -0.2) is 19.6 Å². The van der Waals surface area contributed by atoms with Crippen molar-refractivity contribution in [1.29, 1.82) is 0 Å². The molecule has 0 aromatic carbocycles. The fourth-order valence-electron chi connectivity index (χ4n) is 2.35. The molecule has 4 rings (SSSR count). The minimum Gasteiger partial charge on any atom is -0.448 e. The predicted molar refractivity (Wildman–Crippen MR) is 80.2 cm³/mol. The van der Waals surface area contributed by atoms with Gasteiger partial charge in [-0.3, -0.25) is 4.79 Å². The van der Waals surface area contributed by atoms with E-state index < -0.39 is 0 Å². The Hall–Kier alpha value is -3.03. The van der Waals surface area contributed by atoms with Crippen molar-refractivity contribution in [3.63, 3.8) is 0 Å². The molecule has 0 radical (unpaired) electrons. The van der Waals surface area contributed by atoms with Crippen LogP contribution in [-0.4, -0.2) is 30.6 Å². The Morgan fingerprint density at radius 2 is 2.26 bits per heavy atom. The fourth-order valence-corrected chi connectivity index (χ4v) is 2.35. The first-order valence-corrected chi connectivity index (χ1v) is 7.37. The zero-order valence-corrected chi connectivity index (χ0v) is 12.2. The van der Waals surface area contributed by atoms with Crippen LogP contribution in [0.25, 0.3) is 5.82 Å². The van der Waals surface area contributed by atoms with E-state index in [0.717, 1.165) is 12.8 Å². The molecule has 0 bridgehead atoms. The van der Waals surface area contributed by atoms with Crippen LogP contribution in [0.2, 0.25) is 0 Å². The Bertz CT molecular complexity index is 805. The molecule has 0 unspecified atom stereocenters. The summed E-state index contributed by atoms with van der Waals surface area (Å²) in [5.41, 5.74) is 0.860. The predicted octanol–water partition coefficient (Wildman–Crippen LogP) is 2.17. The standard InChI is InChI=1S/C15H14N6O2/c22-14(12-7-23-15(20-12)10-2-1-3-10)19-11-4-5-13(17-6-11)21-9-16-8-18-21/h4-10H,1-3H2,(H,19,22). The highest BCUT2D eigenvalue weighted by atomic mass is 16.3. The first kappa shape index (κ1) is 13.6. The summed E-state index contributed by atoms with van der Waals surface area (Å²) in [6.07, 6.45) is 9.30. The van der Waals surface area contributed by atoms with Crippen LogP contribution in [0.1, 0.15) is 41.6 Å². The van der Waals surface area contributed by atoms with Crippen LogP contribution in [0.3, 0.4) is 0 Å². The van der Waals surface area contributed by atoms with E-state index in [1.54, 1.807) is 24.7 Å². The molecule has 1 fully saturated rings. The number of aromatic nitrogens is 5. The van der Waals surface area contributed by atoms with Crippen molar-refractivity contribution in [1.82, 2.24) is 24.7 Å². The first-order chi connectivity index (χ1) is 11.3. The van der Waals surface area contributed by atoms with E-state index in [1.165, 1.54) is 23.7 Å². The van der Waals surface area contributed by atoms with Crippen molar-refractivity contribution >= 4 is 11.6 Å². The molecule has 8 heteroatoms. The van der Waals surface area contributed by atoms with Gasteiger partial charge in [-0.05, 0) is 25.0 Å². The molecule has 1 aliphatic carbocycles. The lowest BCUT2D eigenvalue weighted by Gasteiger charge is -2.21. The van der Waals surface area contributed by atoms with Gasteiger partial charge in [0.2, 0.25) is 0 Å². The van der Waals surface area contributed by atoms with Gasteiger partial charge in [-0.15, -0.1) is 0 Å². The molecule has 23 heavy (non-hydrogen) atoms. The van der Waals surface area contributed by atoms with Crippen LogP contribution in [0.15, 0.2) is 41.7 Å². The Kier molecular flexibility index (Phi) is 3.34. The summed E-state index contributed by atoms with van der Waals surface area (Å²) in [6, 6.07) is 3.49. The molecule has 1 saturated carbocycles. The number of hydrogen-bond donors (Lipinski definition) is 1. The number of nitrogens with zero attached hydrogens (tertiary/aromatic N) is 5. The Balaban J connectivity index is 1.44. The van der Waals surface area contributed by atoms with Crippen LogP contribution in [-0.2, 0) is 0 Å². The van der Waals surface area contributed by atoms with E-state index in [4.69, 9.17) is 4.42 Å². The second-order valence-corrected chi connectivity index (χ2v) is 5.40. The Labute approximate surface area is 131 Å². The number of pyridine rings is 1. The maximum Gasteiger partial charge on any atom is 0.277 e. The smallest absolute Gasteiger partial charge is 0.277 e. The Morgan fingerprint density at radius 1 is 1.35 bits per heavy atom. The van der Waals surface area contributed by atoms with Crippen LogP contribution >= 0.6 is 0 Å². The third-order valence-electron chi connectivity index (χ3n) is 3.87. The van der Waals surface area contributed by atoms with Gasteiger partial charge in [0.1, 0.15) is 18.9 Å².